The average molecular weight is 434 g/mol. The Morgan fingerprint density at radius 2 is 1.62 bits per heavy atom. The highest BCUT2D eigenvalue weighted by molar-refractivity contribution is 6.09. The Morgan fingerprint density at radius 3 is 2.28 bits per heavy atom. The molecule has 3 rings (SSSR count). The Balaban J connectivity index is 1.77. The Labute approximate surface area is 187 Å². The summed E-state index contributed by atoms with van der Waals surface area (Å²) in [5, 5.41) is 8.40. The third kappa shape index (κ3) is 5.63. The van der Waals surface area contributed by atoms with E-state index in [1.54, 1.807) is 30.3 Å². The Hall–Kier alpha value is -3.87. The normalized spacial score (nSPS) is 12.5. The maximum absolute atomic E-state index is 13.1. The van der Waals surface area contributed by atoms with E-state index in [0.717, 1.165) is 5.56 Å². The van der Waals surface area contributed by atoms with Crippen LogP contribution in [0.2, 0.25) is 0 Å². The molecule has 166 valence electrons. The predicted molar refractivity (Wildman–Crippen MR) is 124 cm³/mol. The first kappa shape index (κ1) is 22.8. The van der Waals surface area contributed by atoms with Gasteiger partial charge in [-0.2, -0.15) is 0 Å². The molecule has 1 aromatic heterocycles. The van der Waals surface area contributed by atoms with Crippen molar-refractivity contribution in [3.05, 3.63) is 83.8 Å². The average Bonchev–Trinajstić information content (AvgIpc) is 3.34. The lowest BCUT2D eigenvalue weighted by Gasteiger charge is -2.24. The lowest BCUT2D eigenvalue weighted by atomic mass is 9.97. The Kier molecular flexibility index (Phi) is 7.44. The van der Waals surface area contributed by atoms with Crippen molar-refractivity contribution in [1.29, 1.82) is 0 Å². The minimum absolute atomic E-state index is 0.103. The first-order valence-corrected chi connectivity index (χ1v) is 10.5. The summed E-state index contributed by atoms with van der Waals surface area (Å²) < 4.78 is 5.11. The topological polar surface area (TPSA) is 100 Å². The van der Waals surface area contributed by atoms with Crippen molar-refractivity contribution in [1.82, 2.24) is 5.32 Å². The highest BCUT2D eigenvalue weighted by Crippen LogP contribution is 2.19. The van der Waals surface area contributed by atoms with Crippen LogP contribution in [0, 0.1) is 12.8 Å². The molecule has 3 N–H and O–H groups in total. The van der Waals surface area contributed by atoms with Crippen LogP contribution in [0.1, 0.15) is 46.7 Å². The molecule has 2 atom stereocenters. The van der Waals surface area contributed by atoms with Gasteiger partial charge in [0.25, 0.3) is 11.8 Å². The van der Waals surface area contributed by atoms with Crippen molar-refractivity contribution in [3.8, 4) is 0 Å². The number of anilines is 2. The van der Waals surface area contributed by atoms with Gasteiger partial charge in [0.05, 0.1) is 17.5 Å². The molecule has 3 aromatic rings. The summed E-state index contributed by atoms with van der Waals surface area (Å²) >= 11 is 0. The molecule has 0 aliphatic rings. The molecule has 0 unspecified atom stereocenters. The van der Waals surface area contributed by atoms with Gasteiger partial charge in [-0.25, -0.2) is 0 Å². The van der Waals surface area contributed by atoms with Gasteiger partial charge in [-0.15, -0.1) is 0 Å². The maximum atomic E-state index is 13.1. The van der Waals surface area contributed by atoms with Crippen molar-refractivity contribution >= 4 is 29.1 Å². The molecule has 0 spiro atoms. The zero-order valence-corrected chi connectivity index (χ0v) is 18.3. The van der Waals surface area contributed by atoms with E-state index < -0.39 is 17.9 Å². The maximum Gasteiger partial charge on any atom is 0.291 e. The molecule has 0 aliphatic carbocycles. The fraction of sp³-hybridized carbons (Fsp3) is 0.240. The van der Waals surface area contributed by atoms with Gasteiger partial charge < -0.3 is 20.4 Å². The molecule has 32 heavy (non-hydrogen) atoms. The minimum atomic E-state index is -0.748. The van der Waals surface area contributed by atoms with Crippen molar-refractivity contribution in [2.24, 2.45) is 5.92 Å². The second kappa shape index (κ2) is 10.4. The molecular formula is C25H27N3O4. The SMILES string of the molecule is CC[C@H](C)[C@@H](NC(=O)c1ccccc1NC(=O)c1ccco1)C(=O)Nc1ccc(C)cc1. The van der Waals surface area contributed by atoms with Gasteiger partial charge in [-0.1, -0.05) is 50.1 Å². The van der Waals surface area contributed by atoms with Crippen molar-refractivity contribution in [3.63, 3.8) is 0 Å². The standard InChI is InChI=1S/C25H27N3O4/c1-4-17(3)22(25(31)26-18-13-11-16(2)12-14-18)28-23(29)19-8-5-6-9-20(19)27-24(30)21-10-7-15-32-21/h5-15,17,22H,4H2,1-3H3,(H,26,31)(H,27,30)(H,28,29)/t17-,22+/m0/s1. The highest BCUT2D eigenvalue weighted by Gasteiger charge is 2.27. The molecule has 0 saturated heterocycles. The van der Waals surface area contributed by atoms with Crippen LogP contribution in [0.5, 0.6) is 0 Å². The number of hydrogen-bond acceptors (Lipinski definition) is 4. The summed E-state index contributed by atoms with van der Waals surface area (Å²) in [6.07, 6.45) is 2.10. The summed E-state index contributed by atoms with van der Waals surface area (Å²) in [6, 6.07) is 16.5. The van der Waals surface area contributed by atoms with Crippen molar-refractivity contribution in [2.45, 2.75) is 33.2 Å². The fourth-order valence-electron chi connectivity index (χ4n) is 3.16. The smallest absolute Gasteiger partial charge is 0.291 e. The number of benzene rings is 2. The molecule has 0 saturated carbocycles. The van der Waals surface area contributed by atoms with Crippen molar-refractivity contribution < 1.29 is 18.8 Å². The molecule has 3 amide bonds. The lowest BCUT2D eigenvalue weighted by molar-refractivity contribution is -0.119. The van der Waals surface area contributed by atoms with Gasteiger partial charge in [0.2, 0.25) is 5.91 Å². The third-order valence-corrected chi connectivity index (χ3v) is 5.27. The largest absolute Gasteiger partial charge is 0.459 e. The number of hydrogen-bond donors (Lipinski definition) is 3. The number of amides is 3. The number of furan rings is 1. The van der Waals surface area contributed by atoms with Crippen molar-refractivity contribution in [2.75, 3.05) is 10.6 Å². The first-order valence-electron chi connectivity index (χ1n) is 10.5. The fourth-order valence-corrected chi connectivity index (χ4v) is 3.16. The van der Waals surface area contributed by atoms with Crippen LogP contribution in [0.25, 0.3) is 0 Å². The Morgan fingerprint density at radius 1 is 0.906 bits per heavy atom. The van der Waals surface area contributed by atoms with E-state index in [4.69, 9.17) is 4.42 Å². The van der Waals surface area contributed by atoms with E-state index in [2.05, 4.69) is 16.0 Å². The van der Waals surface area contributed by atoms with Gasteiger partial charge in [0, 0.05) is 5.69 Å². The third-order valence-electron chi connectivity index (χ3n) is 5.27. The second-order valence-electron chi connectivity index (χ2n) is 7.67. The zero-order valence-electron chi connectivity index (χ0n) is 18.3. The van der Waals surface area contributed by atoms with Gasteiger partial charge in [-0.3, -0.25) is 14.4 Å². The van der Waals surface area contributed by atoms with E-state index >= 15 is 0 Å². The van der Waals surface area contributed by atoms with Crippen LogP contribution in [-0.2, 0) is 4.79 Å². The van der Waals surface area contributed by atoms with Crippen LogP contribution in [0.3, 0.4) is 0 Å². The van der Waals surface area contributed by atoms with Gasteiger partial charge in [0.15, 0.2) is 5.76 Å². The van der Waals surface area contributed by atoms with Gasteiger partial charge >= 0.3 is 0 Å². The summed E-state index contributed by atoms with van der Waals surface area (Å²) in [6.45, 7) is 5.83. The molecule has 0 fully saturated rings. The van der Waals surface area contributed by atoms with E-state index in [9.17, 15) is 14.4 Å². The zero-order chi connectivity index (χ0) is 23.1. The minimum Gasteiger partial charge on any atom is -0.459 e. The molecule has 7 heteroatoms. The van der Waals surface area contributed by atoms with Crippen LogP contribution in [-0.4, -0.2) is 23.8 Å². The van der Waals surface area contributed by atoms with E-state index in [1.807, 2.05) is 45.0 Å². The second-order valence-corrected chi connectivity index (χ2v) is 7.67. The molecular weight excluding hydrogens is 406 g/mol. The number of nitrogens with one attached hydrogen (secondary N) is 3. The predicted octanol–water partition coefficient (Wildman–Crippen LogP) is 4.62. The number of carbonyl (C=O) groups is 3. The molecule has 0 aliphatic heterocycles. The van der Waals surface area contributed by atoms with E-state index in [-0.39, 0.29) is 23.1 Å². The summed E-state index contributed by atoms with van der Waals surface area (Å²) in [5.41, 5.74) is 2.33. The molecule has 1 heterocycles. The van der Waals surface area contributed by atoms with Crippen LogP contribution in [0.15, 0.2) is 71.3 Å². The lowest BCUT2D eigenvalue weighted by Crippen LogP contribution is -2.47. The van der Waals surface area contributed by atoms with E-state index in [0.29, 0.717) is 17.8 Å². The van der Waals surface area contributed by atoms with E-state index in [1.165, 1.54) is 12.3 Å². The van der Waals surface area contributed by atoms with Crippen LogP contribution in [0.4, 0.5) is 11.4 Å². The number of aryl methyl sites for hydroxylation is 1. The molecule has 0 bridgehead atoms. The summed E-state index contributed by atoms with van der Waals surface area (Å²) in [4.78, 5) is 38.4. The first-order chi connectivity index (χ1) is 15.4. The van der Waals surface area contributed by atoms with Crippen LogP contribution < -0.4 is 16.0 Å². The molecule has 0 radical (unpaired) electrons. The summed E-state index contributed by atoms with van der Waals surface area (Å²) in [7, 11) is 0. The monoisotopic (exact) mass is 433 g/mol. The molecule has 7 nitrogen and oxygen atoms in total. The molecule has 2 aromatic carbocycles. The number of carbonyl (C=O) groups excluding carboxylic acids is 3. The van der Waals surface area contributed by atoms with Gasteiger partial charge in [0.1, 0.15) is 6.04 Å². The number of rotatable bonds is 8. The quantitative estimate of drug-likeness (QED) is 0.482. The number of para-hydroxylation sites is 1. The van der Waals surface area contributed by atoms with Gasteiger partial charge in [-0.05, 0) is 49.2 Å². The highest BCUT2D eigenvalue weighted by atomic mass is 16.3. The summed E-state index contributed by atoms with van der Waals surface area (Å²) in [5.74, 6) is -1.19. The van der Waals surface area contributed by atoms with Crippen LogP contribution >= 0.6 is 0 Å². The Bertz CT molecular complexity index is 1070.